The molecule has 2 saturated heterocycles. The normalized spacial score (nSPS) is 21.5. The first-order chi connectivity index (χ1) is 15.8. The molecule has 0 saturated carbocycles. The summed E-state index contributed by atoms with van der Waals surface area (Å²) in [6.45, 7) is 4.97. The minimum absolute atomic E-state index is 0.197. The maximum absolute atomic E-state index is 6.12. The molecule has 2 fully saturated rings. The molecule has 7 heteroatoms. The van der Waals surface area contributed by atoms with Gasteiger partial charge >= 0.3 is 0 Å². The molecule has 1 N–H and O–H groups in total. The highest BCUT2D eigenvalue weighted by Gasteiger charge is 2.41. The Labute approximate surface area is 188 Å². The first-order valence-corrected chi connectivity index (χ1v) is 11.2. The summed E-state index contributed by atoms with van der Waals surface area (Å²) in [5.74, 6) is 1.64. The largest absolute Gasteiger partial charge is 0.373 e. The Balaban J connectivity index is 1.20. The second-order valence-corrected chi connectivity index (χ2v) is 8.29. The van der Waals surface area contributed by atoms with Gasteiger partial charge in [0.05, 0.1) is 25.3 Å². The number of aromatic nitrogens is 1. The van der Waals surface area contributed by atoms with E-state index in [-0.39, 0.29) is 6.10 Å². The van der Waals surface area contributed by atoms with Crippen molar-refractivity contribution in [3.63, 3.8) is 0 Å². The molecule has 2 unspecified atom stereocenters. The van der Waals surface area contributed by atoms with Crippen LogP contribution in [-0.2, 0) is 17.8 Å². The van der Waals surface area contributed by atoms with E-state index < -0.39 is 0 Å². The summed E-state index contributed by atoms with van der Waals surface area (Å²) in [6, 6.07) is 23.0. The van der Waals surface area contributed by atoms with Crippen molar-refractivity contribution >= 4 is 5.96 Å². The molecule has 0 spiro atoms. The first kappa shape index (κ1) is 20.7. The van der Waals surface area contributed by atoms with E-state index in [1.807, 2.05) is 43.4 Å². The second kappa shape index (κ2) is 9.54. The van der Waals surface area contributed by atoms with Gasteiger partial charge in [0, 0.05) is 44.9 Å². The fourth-order valence-corrected chi connectivity index (χ4v) is 4.58. The zero-order chi connectivity index (χ0) is 21.8. The van der Waals surface area contributed by atoms with Gasteiger partial charge < -0.3 is 19.5 Å². The fraction of sp³-hybridized carbons (Fsp3) is 0.360. The number of aliphatic imine (C=N–C) groups is 1. The van der Waals surface area contributed by atoms with Crippen LogP contribution in [0.15, 0.2) is 76.2 Å². The van der Waals surface area contributed by atoms with Crippen LogP contribution in [0.5, 0.6) is 0 Å². The Hall–Kier alpha value is -3.16. The summed E-state index contributed by atoms with van der Waals surface area (Å²) in [4.78, 5) is 9.35. The number of rotatable bonds is 5. The number of hydrogen-bond acceptors (Lipinski definition) is 5. The molecule has 1 aromatic heterocycles. The van der Waals surface area contributed by atoms with Crippen LogP contribution in [0.1, 0.15) is 11.3 Å². The predicted molar refractivity (Wildman–Crippen MR) is 124 cm³/mol. The Kier molecular flexibility index (Phi) is 6.18. The number of guanidine groups is 1. The van der Waals surface area contributed by atoms with Crippen molar-refractivity contribution in [2.24, 2.45) is 4.99 Å². The zero-order valence-electron chi connectivity index (χ0n) is 18.4. The lowest BCUT2D eigenvalue weighted by atomic mass is 10.1. The smallest absolute Gasteiger partial charge is 0.194 e. The molecule has 7 nitrogen and oxygen atoms in total. The van der Waals surface area contributed by atoms with Gasteiger partial charge in [-0.05, 0) is 5.56 Å². The minimum atomic E-state index is 0.197. The third kappa shape index (κ3) is 4.54. The molecular weight excluding hydrogens is 402 g/mol. The molecule has 0 bridgehead atoms. The first-order valence-electron chi connectivity index (χ1n) is 11.2. The topological polar surface area (TPSA) is 66.1 Å². The van der Waals surface area contributed by atoms with Gasteiger partial charge in [-0.2, -0.15) is 0 Å². The molecule has 2 aliphatic heterocycles. The third-order valence-corrected chi connectivity index (χ3v) is 6.20. The van der Waals surface area contributed by atoms with E-state index in [4.69, 9.17) is 9.26 Å². The van der Waals surface area contributed by atoms with Crippen molar-refractivity contribution in [1.82, 2.24) is 20.3 Å². The van der Waals surface area contributed by atoms with E-state index in [0.29, 0.717) is 12.6 Å². The van der Waals surface area contributed by atoms with E-state index in [9.17, 15) is 0 Å². The average molecular weight is 432 g/mol. The van der Waals surface area contributed by atoms with E-state index in [1.165, 1.54) is 5.56 Å². The summed E-state index contributed by atoms with van der Waals surface area (Å²) in [5.41, 5.74) is 3.22. The van der Waals surface area contributed by atoms with Gasteiger partial charge in [0.25, 0.3) is 0 Å². The summed E-state index contributed by atoms with van der Waals surface area (Å²) in [5, 5.41) is 7.66. The van der Waals surface area contributed by atoms with Crippen LogP contribution >= 0.6 is 0 Å². The number of nitrogens with zero attached hydrogens (tertiary/aromatic N) is 4. The Morgan fingerprint density at radius 2 is 1.88 bits per heavy atom. The molecule has 2 aliphatic rings. The number of morpholine rings is 1. The van der Waals surface area contributed by atoms with E-state index in [2.05, 4.69) is 55.6 Å². The highest BCUT2D eigenvalue weighted by molar-refractivity contribution is 5.80. The number of nitrogens with one attached hydrogen (secondary N) is 1. The molecule has 2 atom stereocenters. The van der Waals surface area contributed by atoms with Crippen molar-refractivity contribution in [2.75, 3.05) is 33.3 Å². The van der Waals surface area contributed by atoms with Gasteiger partial charge in [-0.3, -0.25) is 9.89 Å². The van der Waals surface area contributed by atoms with Crippen LogP contribution in [-0.4, -0.2) is 66.4 Å². The van der Waals surface area contributed by atoms with Crippen LogP contribution in [0, 0.1) is 0 Å². The fourth-order valence-electron chi connectivity index (χ4n) is 4.58. The molecule has 2 aromatic carbocycles. The van der Waals surface area contributed by atoms with E-state index in [0.717, 1.165) is 55.8 Å². The Bertz CT molecular complexity index is 1040. The maximum Gasteiger partial charge on any atom is 0.194 e. The molecule has 0 amide bonds. The molecule has 0 radical (unpaired) electrons. The van der Waals surface area contributed by atoms with Crippen LogP contribution in [0.25, 0.3) is 11.3 Å². The van der Waals surface area contributed by atoms with E-state index in [1.54, 1.807) is 0 Å². The maximum atomic E-state index is 6.12. The zero-order valence-corrected chi connectivity index (χ0v) is 18.4. The third-order valence-electron chi connectivity index (χ3n) is 6.20. The summed E-state index contributed by atoms with van der Waals surface area (Å²) >= 11 is 0. The summed E-state index contributed by atoms with van der Waals surface area (Å²) < 4.78 is 11.6. The number of fused-ring (bicyclic) bond motifs is 1. The highest BCUT2D eigenvalue weighted by Crippen LogP contribution is 2.25. The molecular formula is C25H29N5O2. The molecule has 3 aromatic rings. The molecule has 166 valence electrons. The Morgan fingerprint density at radius 3 is 2.66 bits per heavy atom. The SMILES string of the molecule is CN=C(NCc1cc(-c2ccccc2)on1)N1CC2OCCN(Cc3ccccc3)C2C1. The number of likely N-dealkylation sites (tertiary alicyclic amines) is 1. The van der Waals surface area contributed by atoms with Gasteiger partial charge in [-0.25, -0.2) is 0 Å². The van der Waals surface area contributed by atoms with Crippen LogP contribution in [0.2, 0.25) is 0 Å². The van der Waals surface area contributed by atoms with Crippen molar-refractivity contribution in [3.8, 4) is 11.3 Å². The second-order valence-electron chi connectivity index (χ2n) is 8.29. The monoisotopic (exact) mass is 431 g/mol. The van der Waals surface area contributed by atoms with Crippen molar-refractivity contribution in [1.29, 1.82) is 0 Å². The molecule has 5 rings (SSSR count). The van der Waals surface area contributed by atoms with Crippen molar-refractivity contribution < 1.29 is 9.26 Å². The molecule has 3 heterocycles. The summed E-state index contributed by atoms with van der Waals surface area (Å²) in [6.07, 6.45) is 0.197. The minimum Gasteiger partial charge on any atom is -0.373 e. The Morgan fingerprint density at radius 1 is 1.09 bits per heavy atom. The van der Waals surface area contributed by atoms with Gasteiger partial charge in [0.2, 0.25) is 0 Å². The van der Waals surface area contributed by atoms with Gasteiger partial charge in [-0.15, -0.1) is 0 Å². The van der Waals surface area contributed by atoms with Crippen LogP contribution in [0.3, 0.4) is 0 Å². The average Bonchev–Trinajstić information content (AvgIpc) is 3.49. The van der Waals surface area contributed by atoms with E-state index >= 15 is 0 Å². The van der Waals surface area contributed by atoms with Crippen LogP contribution in [0.4, 0.5) is 0 Å². The summed E-state index contributed by atoms with van der Waals surface area (Å²) in [7, 11) is 1.82. The van der Waals surface area contributed by atoms with Crippen LogP contribution < -0.4 is 5.32 Å². The lowest BCUT2D eigenvalue weighted by Gasteiger charge is -2.36. The number of ether oxygens (including phenoxy) is 1. The van der Waals surface area contributed by atoms with Crippen molar-refractivity contribution in [2.45, 2.75) is 25.2 Å². The van der Waals surface area contributed by atoms with Gasteiger partial charge in [0.1, 0.15) is 5.69 Å². The van der Waals surface area contributed by atoms with Crippen molar-refractivity contribution in [3.05, 3.63) is 78.0 Å². The number of hydrogen-bond donors (Lipinski definition) is 1. The van der Waals surface area contributed by atoms with Gasteiger partial charge in [0.15, 0.2) is 11.7 Å². The highest BCUT2D eigenvalue weighted by atomic mass is 16.5. The molecule has 0 aliphatic carbocycles. The standard InChI is InChI=1S/C25H29N5O2/c1-26-25(27-15-21-14-23(32-28-21)20-10-6-3-7-11-20)30-17-22-24(18-30)31-13-12-29(22)16-19-8-4-2-5-9-19/h2-11,14,22,24H,12-13,15-18H2,1H3,(H,26,27). The predicted octanol–water partition coefficient (Wildman–Crippen LogP) is 3.00. The lowest BCUT2D eigenvalue weighted by molar-refractivity contribution is -0.0502. The quantitative estimate of drug-likeness (QED) is 0.495. The van der Waals surface area contributed by atoms with Gasteiger partial charge in [-0.1, -0.05) is 65.8 Å². The number of benzene rings is 2. The molecule has 32 heavy (non-hydrogen) atoms. The lowest BCUT2D eigenvalue weighted by Crippen LogP contribution is -2.50.